The molecular weight excluding hydrogens is 444 g/mol. The maximum atomic E-state index is 2.79. The molecule has 0 N–H and O–H groups in total. The molecule has 3 fully saturated rings. The molecule has 0 saturated carbocycles. The standard InChI is InChI=1S/C30H62N6/c1-22(2)34-16-25(7)31(9)27(18-34)12-14-29-20-36(24(5)6)21-30(33(29)11)15-13-28-19-35(23(3)4)17-26(8)32(28)10/h22-30H,12-21H2,1-11H3/t25-,26-,27-,28?,29-,30+/m1/s1. The Balaban J connectivity index is 1.62. The van der Waals surface area contributed by atoms with E-state index in [2.05, 4.69) is 106 Å². The van der Waals surface area contributed by atoms with Gasteiger partial charge in [-0.25, -0.2) is 0 Å². The molecule has 3 rings (SSSR count). The van der Waals surface area contributed by atoms with Crippen LogP contribution in [0.2, 0.25) is 0 Å². The van der Waals surface area contributed by atoms with Gasteiger partial charge in [-0.2, -0.15) is 0 Å². The molecule has 6 atom stereocenters. The summed E-state index contributed by atoms with van der Waals surface area (Å²) >= 11 is 0. The first-order valence-corrected chi connectivity index (χ1v) is 15.3. The van der Waals surface area contributed by atoms with E-state index < -0.39 is 0 Å². The van der Waals surface area contributed by atoms with E-state index in [1.54, 1.807) is 0 Å². The molecule has 3 aliphatic rings. The van der Waals surface area contributed by atoms with Gasteiger partial charge in [-0.05, 0) is 102 Å². The van der Waals surface area contributed by atoms with Gasteiger partial charge in [0.25, 0.3) is 0 Å². The highest BCUT2D eigenvalue weighted by Crippen LogP contribution is 2.27. The first-order valence-electron chi connectivity index (χ1n) is 15.3. The quantitative estimate of drug-likeness (QED) is 0.471. The molecule has 3 saturated heterocycles. The lowest BCUT2D eigenvalue weighted by Crippen LogP contribution is -2.61. The Hall–Kier alpha value is -0.240. The predicted octanol–water partition coefficient (Wildman–Crippen LogP) is 3.77. The molecule has 0 aromatic rings. The molecule has 0 spiro atoms. The number of hydrogen-bond donors (Lipinski definition) is 0. The Morgan fingerprint density at radius 2 is 0.694 bits per heavy atom. The fourth-order valence-electron chi connectivity index (χ4n) is 6.99. The van der Waals surface area contributed by atoms with Crippen LogP contribution in [0, 0.1) is 0 Å². The van der Waals surface area contributed by atoms with Crippen molar-refractivity contribution in [2.24, 2.45) is 0 Å². The second kappa shape index (κ2) is 13.2. The third-order valence-corrected chi connectivity index (χ3v) is 10.3. The van der Waals surface area contributed by atoms with Crippen LogP contribution in [0.4, 0.5) is 0 Å². The number of nitrogens with zero attached hydrogens (tertiary/aromatic N) is 6. The Morgan fingerprint density at radius 3 is 0.972 bits per heavy atom. The summed E-state index contributed by atoms with van der Waals surface area (Å²) in [5.74, 6) is 0. The summed E-state index contributed by atoms with van der Waals surface area (Å²) in [4.78, 5) is 16.3. The van der Waals surface area contributed by atoms with E-state index in [-0.39, 0.29) is 0 Å². The molecule has 3 aliphatic heterocycles. The van der Waals surface area contributed by atoms with Crippen LogP contribution in [0.15, 0.2) is 0 Å². The molecule has 0 bridgehead atoms. The Bertz CT molecular complexity index is 603. The Labute approximate surface area is 225 Å². The van der Waals surface area contributed by atoms with Crippen molar-refractivity contribution < 1.29 is 0 Å². The van der Waals surface area contributed by atoms with Crippen molar-refractivity contribution in [3.63, 3.8) is 0 Å². The third-order valence-electron chi connectivity index (χ3n) is 10.3. The van der Waals surface area contributed by atoms with E-state index >= 15 is 0 Å². The average molecular weight is 507 g/mol. The van der Waals surface area contributed by atoms with Gasteiger partial charge in [0.15, 0.2) is 0 Å². The minimum atomic E-state index is 0.631. The van der Waals surface area contributed by atoms with Crippen LogP contribution in [-0.2, 0) is 0 Å². The summed E-state index contributed by atoms with van der Waals surface area (Å²) in [6.07, 6.45) is 5.24. The van der Waals surface area contributed by atoms with Crippen LogP contribution < -0.4 is 0 Å². The Morgan fingerprint density at radius 1 is 0.444 bits per heavy atom. The molecule has 0 aliphatic carbocycles. The van der Waals surface area contributed by atoms with E-state index in [4.69, 9.17) is 0 Å². The van der Waals surface area contributed by atoms with Crippen molar-refractivity contribution in [3.05, 3.63) is 0 Å². The summed E-state index contributed by atoms with van der Waals surface area (Å²) in [5.41, 5.74) is 0. The minimum Gasteiger partial charge on any atom is -0.298 e. The third kappa shape index (κ3) is 7.45. The van der Waals surface area contributed by atoms with Crippen LogP contribution in [0.3, 0.4) is 0 Å². The normalized spacial score (nSPS) is 35.5. The highest BCUT2D eigenvalue weighted by atomic mass is 15.3. The zero-order valence-corrected chi connectivity index (χ0v) is 26.0. The maximum absolute atomic E-state index is 2.79. The van der Waals surface area contributed by atoms with Crippen molar-refractivity contribution >= 4 is 0 Å². The fourth-order valence-corrected chi connectivity index (χ4v) is 6.99. The van der Waals surface area contributed by atoms with Gasteiger partial charge in [0.1, 0.15) is 0 Å². The summed E-state index contributed by atoms with van der Waals surface area (Å²) < 4.78 is 0. The zero-order chi connectivity index (χ0) is 26.7. The molecule has 0 aromatic carbocycles. The van der Waals surface area contributed by atoms with Gasteiger partial charge >= 0.3 is 0 Å². The molecule has 6 nitrogen and oxygen atoms in total. The van der Waals surface area contributed by atoms with Crippen LogP contribution in [0.25, 0.3) is 0 Å². The fraction of sp³-hybridized carbons (Fsp3) is 1.00. The molecule has 0 radical (unpaired) electrons. The molecular formula is C30H62N6. The highest BCUT2D eigenvalue weighted by molar-refractivity contribution is 4.94. The lowest BCUT2D eigenvalue weighted by atomic mass is 9.93. The Kier molecular flexibility index (Phi) is 11.1. The van der Waals surface area contributed by atoms with E-state index in [0.29, 0.717) is 54.4 Å². The number of hydrogen-bond acceptors (Lipinski definition) is 6. The molecule has 3 heterocycles. The van der Waals surface area contributed by atoms with Crippen molar-refractivity contribution in [2.45, 2.75) is 135 Å². The van der Waals surface area contributed by atoms with Gasteiger partial charge in [0.05, 0.1) is 0 Å². The summed E-state index contributed by atoms with van der Waals surface area (Å²) in [6.45, 7) is 26.4. The molecule has 1 unspecified atom stereocenters. The van der Waals surface area contributed by atoms with Crippen molar-refractivity contribution in [1.29, 1.82) is 0 Å². The predicted molar refractivity (Wildman–Crippen MR) is 156 cm³/mol. The minimum absolute atomic E-state index is 0.631. The van der Waals surface area contributed by atoms with Gasteiger partial charge in [0.2, 0.25) is 0 Å². The lowest BCUT2D eigenvalue weighted by molar-refractivity contribution is -0.00641. The van der Waals surface area contributed by atoms with Crippen molar-refractivity contribution in [1.82, 2.24) is 29.4 Å². The summed E-state index contributed by atoms with van der Waals surface area (Å²) in [7, 11) is 7.17. The van der Waals surface area contributed by atoms with Crippen LogP contribution in [0.1, 0.15) is 81.1 Å². The smallest absolute Gasteiger partial charge is 0.0224 e. The molecule has 36 heavy (non-hydrogen) atoms. The summed E-state index contributed by atoms with van der Waals surface area (Å²) in [6, 6.07) is 5.91. The van der Waals surface area contributed by atoms with Gasteiger partial charge in [-0.3, -0.25) is 29.4 Å². The van der Waals surface area contributed by atoms with Crippen LogP contribution in [-0.4, -0.2) is 144 Å². The topological polar surface area (TPSA) is 19.4 Å². The first-order chi connectivity index (χ1) is 16.9. The van der Waals surface area contributed by atoms with Gasteiger partial charge < -0.3 is 0 Å². The van der Waals surface area contributed by atoms with E-state index in [1.807, 2.05) is 0 Å². The second-order valence-electron chi connectivity index (χ2n) is 13.6. The highest BCUT2D eigenvalue weighted by Gasteiger charge is 2.37. The van der Waals surface area contributed by atoms with Crippen molar-refractivity contribution in [2.75, 3.05) is 60.4 Å². The van der Waals surface area contributed by atoms with Gasteiger partial charge in [0, 0.05) is 93.6 Å². The maximum Gasteiger partial charge on any atom is 0.0224 e. The second-order valence-corrected chi connectivity index (χ2v) is 13.6. The van der Waals surface area contributed by atoms with Crippen LogP contribution in [0.5, 0.6) is 0 Å². The van der Waals surface area contributed by atoms with E-state index in [1.165, 1.54) is 65.0 Å². The van der Waals surface area contributed by atoms with E-state index in [0.717, 1.165) is 0 Å². The molecule has 0 aromatic heterocycles. The monoisotopic (exact) mass is 507 g/mol. The average Bonchev–Trinajstić information content (AvgIpc) is 2.81. The SMILES string of the molecule is CC(C)N1C[C@@H](CC[C@@H]2CN(C(C)C)C[C@@H](C)N2C)N(C)[C@@H](CCC2CN(C(C)C)C[C@@H](C)N2C)C1. The molecule has 6 heteroatoms. The van der Waals surface area contributed by atoms with Crippen molar-refractivity contribution in [3.8, 4) is 0 Å². The van der Waals surface area contributed by atoms with Gasteiger partial charge in [-0.15, -0.1) is 0 Å². The molecule has 0 amide bonds. The number of likely N-dealkylation sites (N-methyl/N-ethyl adjacent to an activating group) is 3. The van der Waals surface area contributed by atoms with Crippen LogP contribution >= 0.6 is 0 Å². The van der Waals surface area contributed by atoms with E-state index in [9.17, 15) is 0 Å². The molecule has 212 valence electrons. The largest absolute Gasteiger partial charge is 0.298 e. The first kappa shape index (κ1) is 30.3. The lowest BCUT2D eigenvalue weighted by Gasteiger charge is -2.50. The zero-order valence-electron chi connectivity index (χ0n) is 26.0. The number of rotatable bonds is 9. The number of piperazine rings is 3. The van der Waals surface area contributed by atoms with Gasteiger partial charge in [-0.1, -0.05) is 0 Å². The summed E-state index contributed by atoms with van der Waals surface area (Å²) in [5, 5.41) is 0.